The van der Waals surface area contributed by atoms with Crippen LogP contribution in [0.1, 0.15) is 48.0 Å². The minimum atomic E-state index is -0.0227. The van der Waals surface area contributed by atoms with E-state index in [9.17, 15) is 9.90 Å². The van der Waals surface area contributed by atoms with Crippen molar-refractivity contribution in [2.45, 2.75) is 38.1 Å². The van der Waals surface area contributed by atoms with Gasteiger partial charge in [-0.3, -0.25) is 4.79 Å². The van der Waals surface area contributed by atoms with Crippen LogP contribution in [-0.2, 0) is 0 Å². The van der Waals surface area contributed by atoms with Gasteiger partial charge in [-0.25, -0.2) is 0 Å². The van der Waals surface area contributed by atoms with Gasteiger partial charge in [-0.2, -0.15) is 0 Å². The molecule has 5 heteroatoms. The van der Waals surface area contributed by atoms with Crippen LogP contribution in [0, 0.1) is 0 Å². The van der Waals surface area contributed by atoms with Crippen molar-refractivity contribution < 1.29 is 9.90 Å². The van der Waals surface area contributed by atoms with Crippen molar-refractivity contribution in [3.05, 3.63) is 35.4 Å². The van der Waals surface area contributed by atoms with E-state index in [0.29, 0.717) is 17.1 Å². The molecule has 1 aliphatic carbocycles. The van der Waals surface area contributed by atoms with Crippen molar-refractivity contribution in [2.24, 2.45) is 5.73 Å². The summed E-state index contributed by atoms with van der Waals surface area (Å²) in [6.07, 6.45) is 5.59. The van der Waals surface area contributed by atoms with Gasteiger partial charge in [0.05, 0.1) is 6.61 Å². The molecule has 1 aliphatic rings. The molecule has 3 N–H and O–H groups in total. The molecule has 0 heterocycles. The van der Waals surface area contributed by atoms with E-state index in [-0.39, 0.29) is 18.6 Å². The number of nitrogens with two attached hydrogens (primary N) is 1. The van der Waals surface area contributed by atoms with Gasteiger partial charge in [0, 0.05) is 23.7 Å². The first-order valence-corrected chi connectivity index (χ1v) is 7.86. The highest BCUT2D eigenvalue weighted by molar-refractivity contribution is 7.80. The molecule has 2 rings (SSSR count). The van der Waals surface area contributed by atoms with Crippen LogP contribution in [0.5, 0.6) is 0 Å². The lowest BCUT2D eigenvalue weighted by atomic mass is 9.93. The largest absolute Gasteiger partial charge is 0.395 e. The monoisotopic (exact) mass is 306 g/mol. The Morgan fingerprint density at radius 3 is 2.29 bits per heavy atom. The predicted octanol–water partition coefficient (Wildman–Crippen LogP) is 2.09. The summed E-state index contributed by atoms with van der Waals surface area (Å²) in [5.74, 6) is -0.0227. The summed E-state index contributed by atoms with van der Waals surface area (Å²) in [5, 5.41) is 9.25. The van der Waals surface area contributed by atoms with E-state index < -0.39 is 0 Å². The van der Waals surface area contributed by atoms with Crippen molar-refractivity contribution in [3.8, 4) is 0 Å². The van der Waals surface area contributed by atoms with Crippen LogP contribution < -0.4 is 5.73 Å². The Balaban J connectivity index is 2.14. The van der Waals surface area contributed by atoms with Gasteiger partial charge in [0.2, 0.25) is 0 Å². The first-order valence-electron chi connectivity index (χ1n) is 7.45. The second-order valence-corrected chi connectivity index (χ2v) is 5.90. The number of carbonyl (C=O) groups excluding carboxylic acids is 1. The quantitative estimate of drug-likeness (QED) is 0.818. The molecule has 1 aromatic carbocycles. The molecule has 21 heavy (non-hydrogen) atoms. The maximum atomic E-state index is 12.7. The van der Waals surface area contributed by atoms with Gasteiger partial charge < -0.3 is 15.7 Å². The Hall–Kier alpha value is -1.46. The Bertz CT molecular complexity index is 496. The molecule has 1 saturated carbocycles. The Labute approximate surface area is 130 Å². The maximum Gasteiger partial charge on any atom is 0.254 e. The van der Waals surface area contributed by atoms with Gasteiger partial charge in [-0.15, -0.1) is 0 Å². The number of carbonyl (C=O) groups is 1. The maximum absolute atomic E-state index is 12.7. The Morgan fingerprint density at radius 1 is 1.19 bits per heavy atom. The fourth-order valence-electron chi connectivity index (χ4n) is 2.89. The van der Waals surface area contributed by atoms with Crippen LogP contribution in [0.4, 0.5) is 0 Å². The number of aliphatic hydroxyl groups excluding tert-OH is 1. The van der Waals surface area contributed by atoms with E-state index in [1.54, 1.807) is 24.3 Å². The van der Waals surface area contributed by atoms with Crippen LogP contribution in [0.25, 0.3) is 0 Å². The molecule has 0 aliphatic heterocycles. The fourth-order valence-corrected chi connectivity index (χ4v) is 3.03. The van der Waals surface area contributed by atoms with Gasteiger partial charge in [0.15, 0.2) is 0 Å². The lowest BCUT2D eigenvalue weighted by Crippen LogP contribution is -2.43. The average Bonchev–Trinajstić information content (AvgIpc) is 2.53. The van der Waals surface area contributed by atoms with Crippen LogP contribution in [0.2, 0.25) is 0 Å². The van der Waals surface area contributed by atoms with Gasteiger partial charge in [-0.1, -0.05) is 43.6 Å². The fraction of sp³-hybridized carbons (Fsp3) is 0.500. The van der Waals surface area contributed by atoms with Gasteiger partial charge in [-0.05, 0) is 25.0 Å². The summed E-state index contributed by atoms with van der Waals surface area (Å²) in [7, 11) is 0. The third-order valence-corrected chi connectivity index (χ3v) is 4.27. The van der Waals surface area contributed by atoms with Gasteiger partial charge in [0.1, 0.15) is 4.99 Å². The van der Waals surface area contributed by atoms with E-state index in [0.717, 1.165) is 31.2 Å². The molecule has 114 valence electrons. The highest BCUT2D eigenvalue weighted by atomic mass is 32.1. The number of hydrogen-bond acceptors (Lipinski definition) is 3. The third-order valence-electron chi connectivity index (χ3n) is 4.03. The highest BCUT2D eigenvalue weighted by Gasteiger charge is 2.25. The number of thiocarbonyl (C=S) groups is 1. The molecule has 0 aromatic heterocycles. The molecule has 0 radical (unpaired) electrons. The van der Waals surface area contributed by atoms with Crippen LogP contribution in [0.3, 0.4) is 0 Å². The minimum absolute atomic E-state index is 0.00674. The number of nitrogens with zero attached hydrogens (tertiary/aromatic N) is 1. The van der Waals surface area contributed by atoms with Gasteiger partial charge >= 0.3 is 0 Å². The van der Waals surface area contributed by atoms with Crippen molar-refractivity contribution in [2.75, 3.05) is 13.2 Å². The summed E-state index contributed by atoms with van der Waals surface area (Å²) in [5.41, 5.74) is 6.94. The molecule has 0 atom stereocenters. The Morgan fingerprint density at radius 2 is 1.76 bits per heavy atom. The van der Waals surface area contributed by atoms with Gasteiger partial charge in [0.25, 0.3) is 5.91 Å². The molecular weight excluding hydrogens is 284 g/mol. The van der Waals surface area contributed by atoms with Crippen molar-refractivity contribution in [1.82, 2.24) is 4.90 Å². The van der Waals surface area contributed by atoms with Crippen molar-refractivity contribution in [3.63, 3.8) is 0 Å². The first kappa shape index (κ1) is 15.9. The third kappa shape index (κ3) is 4.02. The molecule has 4 nitrogen and oxygen atoms in total. The van der Waals surface area contributed by atoms with Crippen LogP contribution >= 0.6 is 12.2 Å². The second kappa shape index (κ2) is 7.52. The molecule has 0 spiro atoms. The Kier molecular flexibility index (Phi) is 5.70. The summed E-state index contributed by atoms with van der Waals surface area (Å²) >= 11 is 4.92. The highest BCUT2D eigenvalue weighted by Crippen LogP contribution is 2.24. The zero-order valence-electron chi connectivity index (χ0n) is 12.1. The molecule has 1 amide bonds. The summed E-state index contributed by atoms with van der Waals surface area (Å²) in [6.45, 7) is 0.383. The molecule has 0 bridgehead atoms. The van der Waals surface area contributed by atoms with E-state index in [1.165, 1.54) is 6.42 Å². The van der Waals surface area contributed by atoms with E-state index in [4.69, 9.17) is 18.0 Å². The normalized spacial score (nSPS) is 15.7. The summed E-state index contributed by atoms with van der Waals surface area (Å²) in [4.78, 5) is 14.8. The molecule has 1 fully saturated rings. The standard InChI is InChI=1S/C16H22N2O2S/c17-15(21)12-6-8-13(9-7-12)16(20)18(10-11-19)14-4-2-1-3-5-14/h6-9,14,19H,1-5,10-11H2,(H2,17,21). The van der Waals surface area contributed by atoms with E-state index in [1.807, 2.05) is 4.90 Å². The number of amides is 1. The lowest BCUT2D eigenvalue weighted by Gasteiger charge is -2.34. The minimum Gasteiger partial charge on any atom is -0.395 e. The first-order chi connectivity index (χ1) is 10.1. The number of aliphatic hydroxyl groups is 1. The van der Waals surface area contributed by atoms with Crippen LogP contribution in [0.15, 0.2) is 24.3 Å². The van der Waals surface area contributed by atoms with Crippen LogP contribution in [-0.4, -0.2) is 40.1 Å². The second-order valence-electron chi connectivity index (χ2n) is 5.46. The lowest BCUT2D eigenvalue weighted by molar-refractivity contribution is 0.0585. The predicted molar refractivity (Wildman–Crippen MR) is 87.3 cm³/mol. The zero-order valence-corrected chi connectivity index (χ0v) is 12.9. The van der Waals surface area contributed by atoms with E-state index >= 15 is 0 Å². The summed E-state index contributed by atoms with van der Waals surface area (Å²) in [6, 6.07) is 7.29. The molecule has 0 saturated heterocycles. The van der Waals surface area contributed by atoms with E-state index in [2.05, 4.69) is 0 Å². The smallest absolute Gasteiger partial charge is 0.254 e. The van der Waals surface area contributed by atoms with Crippen molar-refractivity contribution >= 4 is 23.1 Å². The molecule has 0 unspecified atom stereocenters. The SMILES string of the molecule is NC(=S)c1ccc(C(=O)N(CCO)C2CCCCC2)cc1. The average molecular weight is 306 g/mol. The number of hydrogen-bond donors (Lipinski definition) is 2. The van der Waals surface area contributed by atoms with Crippen molar-refractivity contribution in [1.29, 1.82) is 0 Å². The zero-order chi connectivity index (χ0) is 15.2. The number of rotatable bonds is 5. The molecular formula is C16H22N2O2S. The molecule has 1 aromatic rings. The number of benzene rings is 1. The topological polar surface area (TPSA) is 66.6 Å². The summed E-state index contributed by atoms with van der Waals surface area (Å²) < 4.78 is 0.